The highest BCUT2D eigenvalue weighted by Crippen LogP contribution is 2.32. The molecule has 1 rings (SSSR count). The first-order chi connectivity index (χ1) is 9.51. The van der Waals surface area contributed by atoms with E-state index in [2.05, 4.69) is 16.9 Å². The molecule has 1 aromatic heterocycles. The van der Waals surface area contributed by atoms with Gasteiger partial charge in [-0.1, -0.05) is 0 Å². The number of hydrogen-bond acceptors (Lipinski definition) is 5. The number of carbonyl (C=O) groups is 1. The van der Waals surface area contributed by atoms with Crippen molar-refractivity contribution in [2.75, 3.05) is 31.0 Å². The van der Waals surface area contributed by atoms with Gasteiger partial charge in [0.15, 0.2) is 5.11 Å². The number of rotatable bonds is 6. The summed E-state index contributed by atoms with van der Waals surface area (Å²) in [4.78, 5) is 12.9. The highest BCUT2D eigenvalue weighted by atomic mass is 32.2. The molecule has 2 N–H and O–H groups in total. The van der Waals surface area contributed by atoms with Gasteiger partial charge in [0.2, 0.25) is 0 Å². The summed E-state index contributed by atoms with van der Waals surface area (Å²) in [5, 5.41) is 7.52. The molecule has 0 unspecified atom stereocenters. The topological polar surface area (TPSA) is 50.4 Å². The third-order valence-electron chi connectivity index (χ3n) is 2.81. The minimum absolute atomic E-state index is 0.334. The molecule has 1 aromatic rings. The fraction of sp³-hybridized carbons (Fsp3) is 0.538. The van der Waals surface area contributed by atoms with E-state index in [1.54, 1.807) is 0 Å². The number of methoxy groups -OCH3 is 1. The third-order valence-corrected chi connectivity index (χ3v) is 4.88. The largest absolute Gasteiger partial charge is 0.465 e. The number of aryl methyl sites for hydroxylation is 1. The average Bonchev–Trinajstić information content (AvgIpc) is 2.69. The lowest BCUT2D eigenvalue weighted by Crippen LogP contribution is -2.29. The Balaban J connectivity index is 2.70. The van der Waals surface area contributed by atoms with Crippen molar-refractivity contribution in [2.45, 2.75) is 20.3 Å². The second-order valence-corrected chi connectivity index (χ2v) is 6.82. The Morgan fingerprint density at radius 3 is 2.75 bits per heavy atom. The van der Waals surface area contributed by atoms with Crippen molar-refractivity contribution in [1.29, 1.82) is 0 Å². The molecule has 0 fully saturated rings. The zero-order valence-electron chi connectivity index (χ0n) is 12.2. The summed E-state index contributed by atoms with van der Waals surface area (Å²) in [6, 6.07) is 0. The van der Waals surface area contributed by atoms with Gasteiger partial charge in [-0.25, -0.2) is 4.79 Å². The van der Waals surface area contributed by atoms with Crippen LogP contribution in [0.4, 0.5) is 5.00 Å². The van der Waals surface area contributed by atoms with Gasteiger partial charge in [-0.15, -0.1) is 11.3 Å². The molecule has 20 heavy (non-hydrogen) atoms. The van der Waals surface area contributed by atoms with E-state index >= 15 is 0 Å². The number of carbonyl (C=O) groups excluding carboxylic acids is 1. The van der Waals surface area contributed by atoms with Crippen molar-refractivity contribution < 1.29 is 9.53 Å². The third kappa shape index (κ3) is 4.64. The lowest BCUT2D eigenvalue weighted by atomic mass is 10.1. The molecule has 7 heteroatoms. The minimum Gasteiger partial charge on any atom is -0.465 e. The summed E-state index contributed by atoms with van der Waals surface area (Å²) in [5.41, 5.74) is 1.51. The van der Waals surface area contributed by atoms with Crippen LogP contribution in [0.2, 0.25) is 0 Å². The molecule has 0 aliphatic heterocycles. The van der Waals surface area contributed by atoms with Crippen molar-refractivity contribution in [2.24, 2.45) is 0 Å². The minimum atomic E-state index is -0.334. The van der Waals surface area contributed by atoms with E-state index < -0.39 is 0 Å². The van der Waals surface area contributed by atoms with Gasteiger partial charge < -0.3 is 15.4 Å². The second-order valence-electron chi connectivity index (χ2n) is 4.21. The van der Waals surface area contributed by atoms with Gasteiger partial charge in [0, 0.05) is 11.4 Å². The van der Waals surface area contributed by atoms with E-state index in [4.69, 9.17) is 17.0 Å². The highest BCUT2D eigenvalue weighted by molar-refractivity contribution is 7.98. The molecule has 0 aliphatic carbocycles. The lowest BCUT2D eigenvalue weighted by molar-refractivity contribution is 0.0601. The lowest BCUT2D eigenvalue weighted by Gasteiger charge is -2.10. The Hall–Kier alpha value is -0.790. The Morgan fingerprint density at radius 1 is 1.45 bits per heavy atom. The molecule has 0 aromatic carbocycles. The first-order valence-corrected chi connectivity index (χ1v) is 8.85. The van der Waals surface area contributed by atoms with Crippen molar-refractivity contribution in [3.8, 4) is 0 Å². The van der Waals surface area contributed by atoms with Crippen LogP contribution in [0.1, 0.15) is 27.2 Å². The van der Waals surface area contributed by atoms with Crippen LogP contribution in [-0.4, -0.2) is 36.7 Å². The standard InChI is InChI=1S/C13H20N2O2S3/c1-8-9(2)20-11(10(8)12(16)17-3)15-13(18)14-6-5-7-19-4/h5-7H2,1-4H3,(H2,14,15,18). The Bertz CT molecular complexity index is 486. The SMILES string of the molecule is COC(=O)c1c(NC(=S)NCCCSC)sc(C)c1C. The van der Waals surface area contributed by atoms with Crippen molar-refractivity contribution in [3.05, 3.63) is 16.0 Å². The molecule has 0 amide bonds. The molecule has 0 saturated carbocycles. The quantitative estimate of drug-likeness (QED) is 0.474. The van der Waals surface area contributed by atoms with Gasteiger partial charge >= 0.3 is 5.97 Å². The number of thiocarbonyl (C=S) groups is 1. The molecule has 0 radical (unpaired) electrons. The summed E-state index contributed by atoms with van der Waals surface area (Å²) in [6.45, 7) is 4.72. The predicted octanol–water partition coefficient (Wildman–Crippen LogP) is 3.19. The van der Waals surface area contributed by atoms with Crippen LogP contribution in [0.25, 0.3) is 0 Å². The summed E-state index contributed by atoms with van der Waals surface area (Å²) < 4.78 is 4.83. The molecule has 0 spiro atoms. The van der Waals surface area contributed by atoms with Crippen LogP contribution in [0.15, 0.2) is 0 Å². The van der Waals surface area contributed by atoms with Crippen LogP contribution in [0.5, 0.6) is 0 Å². The summed E-state index contributed by atoms with van der Waals surface area (Å²) >= 11 is 8.57. The molecule has 0 atom stereocenters. The first kappa shape index (κ1) is 17.3. The van der Waals surface area contributed by atoms with Crippen molar-refractivity contribution in [1.82, 2.24) is 5.32 Å². The van der Waals surface area contributed by atoms with Gasteiger partial charge in [-0.2, -0.15) is 11.8 Å². The van der Waals surface area contributed by atoms with Gasteiger partial charge in [-0.3, -0.25) is 0 Å². The van der Waals surface area contributed by atoms with Crippen LogP contribution in [0, 0.1) is 13.8 Å². The molecule has 4 nitrogen and oxygen atoms in total. The zero-order valence-corrected chi connectivity index (χ0v) is 14.6. The van der Waals surface area contributed by atoms with Crippen LogP contribution in [0.3, 0.4) is 0 Å². The Morgan fingerprint density at radius 2 is 2.15 bits per heavy atom. The molecule has 0 aliphatic rings. The highest BCUT2D eigenvalue weighted by Gasteiger charge is 2.20. The number of anilines is 1. The van der Waals surface area contributed by atoms with E-state index in [1.165, 1.54) is 18.4 Å². The van der Waals surface area contributed by atoms with Crippen LogP contribution >= 0.6 is 35.3 Å². The van der Waals surface area contributed by atoms with E-state index in [1.807, 2.05) is 25.6 Å². The number of thioether (sulfide) groups is 1. The summed E-state index contributed by atoms with van der Waals surface area (Å²) in [5.74, 6) is 0.764. The van der Waals surface area contributed by atoms with E-state index in [0.29, 0.717) is 10.7 Å². The molecule has 1 heterocycles. The average molecular weight is 333 g/mol. The molecule has 0 bridgehead atoms. The van der Waals surface area contributed by atoms with Crippen LogP contribution < -0.4 is 10.6 Å². The predicted molar refractivity (Wildman–Crippen MR) is 92.4 cm³/mol. The van der Waals surface area contributed by atoms with Gasteiger partial charge in [0.1, 0.15) is 5.00 Å². The van der Waals surface area contributed by atoms with Crippen molar-refractivity contribution >= 4 is 51.4 Å². The Kier molecular flexibility index (Phi) is 7.32. The maximum atomic E-state index is 11.8. The maximum Gasteiger partial charge on any atom is 0.341 e. The number of hydrogen-bond donors (Lipinski definition) is 2. The normalized spacial score (nSPS) is 10.2. The summed E-state index contributed by atoms with van der Waals surface area (Å²) in [7, 11) is 1.39. The number of ether oxygens (including phenoxy) is 1. The van der Waals surface area contributed by atoms with E-state index in [0.717, 1.165) is 34.2 Å². The first-order valence-electron chi connectivity index (χ1n) is 6.23. The fourth-order valence-corrected chi connectivity index (χ4v) is 3.38. The Labute approximate surface area is 133 Å². The maximum absolute atomic E-state index is 11.8. The van der Waals surface area contributed by atoms with Gasteiger partial charge in [0.25, 0.3) is 0 Å². The van der Waals surface area contributed by atoms with Crippen molar-refractivity contribution in [3.63, 3.8) is 0 Å². The fourth-order valence-electron chi connectivity index (χ4n) is 1.63. The van der Waals surface area contributed by atoms with Crippen LogP contribution in [-0.2, 0) is 4.74 Å². The number of nitrogens with one attached hydrogen (secondary N) is 2. The van der Waals surface area contributed by atoms with Gasteiger partial charge in [-0.05, 0) is 50.1 Å². The molecular formula is C13H20N2O2S3. The smallest absolute Gasteiger partial charge is 0.341 e. The van der Waals surface area contributed by atoms with E-state index in [-0.39, 0.29) is 5.97 Å². The number of esters is 1. The second kappa shape index (κ2) is 8.49. The summed E-state index contributed by atoms with van der Waals surface area (Å²) in [6.07, 6.45) is 3.13. The molecule has 112 valence electrons. The number of thiophene rings is 1. The monoisotopic (exact) mass is 332 g/mol. The molecular weight excluding hydrogens is 312 g/mol. The van der Waals surface area contributed by atoms with E-state index in [9.17, 15) is 4.79 Å². The van der Waals surface area contributed by atoms with Gasteiger partial charge in [0.05, 0.1) is 12.7 Å². The molecule has 0 saturated heterocycles. The zero-order chi connectivity index (χ0) is 15.1.